The zero-order valence-corrected chi connectivity index (χ0v) is 20.4. The number of piperidine rings is 1. The zero-order valence-electron chi connectivity index (χ0n) is 19.6. The van der Waals surface area contributed by atoms with E-state index in [2.05, 4.69) is 9.97 Å². The molecule has 2 aliphatic heterocycles. The number of fused-ring (bicyclic) bond motifs is 1. The maximum Gasteiger partial charge on any atom is 0.310 e. The number of benzene rings is 1. The number of ether oxygens (including phenoxy) is 1. The van der Waals surface area contributed by atoms with Crippen molar-refractivity contribution in [2.75, 3.05) is 19.8 Å². The second kappa shape index (κ2) is 8.14. The minimum absolute atomic E-state index is 0.0492. The highest BCUT2D eigenvalue weighted by atomic mass is 32.5. The van der Waals surface area contributed by atoms with Crippen molar-refractivity contribution in [3.63, 3.8) is 0 Å². The van der Waals surface area contributed by atoms with Crippen molar-refractivity contribution in [1.29, 1.82) is 0 Å². The lowest BCUT2D eigenvalue weighted by Crippen LogP contribution is -2.44. The van der Waals surface area contributed by atoms with E-state index in [4.69, 9.17) is 9.72 Å². The van der Waals surface area contributed by atoms with Crippen LogP contribution in [0.3, 0.4) is 0 Å². The van der Waals surface area contributed by atoms with Crippen molar-refractivity contribution in [2.24, 2.45) is 0 Å². The molecule has 2 aliphatic rings. The van der Waals surface area contributed by atoms with Gasteiger partial charge in [0.15, 0.2) is 5.65 Å². The topological polar surface area (TPSA) is 71.1 Å². The molecule has 6 nitrogen and oxygen atoms in total. The Balaban J connectivity index is 1.32. The van der Waals surface area contributed by atoms with Crippen molar-refractivity contribution < 1.29 is 29.0 Å². The van der Waals surface area contributed by atoms with E-state index < -0.39 is 21.0 Å². The van der Waals surface area contributed by atoms with Gasteiger partial charge in [-0.05, 0) is 74.4 Å². The highest BCUT2D eigenvalue weighted by Gasteiger charge is 2.65. The van der Waals surface area contributed by atoms with Crippen LogP contribution >= 0.6 is 10.2 Å². The molecule has 0 bridgehead atoms. The van der Waals surface area contributed by atoms with E-state index >= 15 is 0 Å². The maximum absolute atomic E-state index is 13.0. The third-order valence-corrected chi connectivity index (χ3v) is 8.34. The molecule has 0 spiro atoms. The number of hydrogen-bond donors (Lipinski definition) is 1. The van der Waals surface area contributed by atoms with E-state index in [9.17, 15) is 24.2 Å². The fourth-order valence-corrected chi connectivity index (χ4v) is 5.88. The third-order valence-electron chi connectivity index (χ3n) is 7.17. The van der Waals surface area contributed by atoms with Gasteiger partial charge in [-0.15, -0.1) is 0 Å². The second-order valence-corrected chi connectivity index (χ2v) is 12.1. The average molecular weight is 531 g/mol. The molecule has 2 fully saturated rings. The standard InChI is InChI=1S/C24H27F5N4O2S/c1-15-14-18(20-6-10-30-23-21(20)31-22(32-23)16-8-12-35-13-9-16)7-11-33(15)24(34)17-2-4-19(5-3-17)36(25,26,27,28)29/h2-6,10,15-16,18H,7-9,11-14H2,1H3,(H,30,31,32)/t15-,18+/m1/s1. The molecule has 3 aromatic rings. The number of nitrogens with one attached hydrogen (secondary N) is 1. The minimum atomic E-state index is -9.78. The largest absolute Gasteiger partial charge is 0.381 e. The predicted molar refractivity (Wildman–Crippen MR) is 127 cm³/mol. The molecule has 196 valence electrons. The Hall–Kier alpha value is -2.73. The fourth-order valence-electron chi connectivity index (χ4n) is 5.23. The van der Waals surface area contributed by atoms with Crippen molar-refractivity contribution >= 4 is 27.3 Å². The van der Waals surface area contributed by atoms with Crippen LogP contribution in [0.1, 0.15) is 66.2 Å². The van der Waals surface area contributed by atoms with E-state index in [1.807, 2.05) is 13.0 Å². The first kappa shape index (κ1) is 24.9. The van der Waals surface area contributed by atoms with E-state index in [0.717, 1.165) is 41.9 Å². The number of amides is 1. The number of carbonyl (C=O) groups excluding carboxylic acids is 1. The van der Waals surface area contributed by atoms with Crippen LogP contribution in [-0.2, 0) is 4.74 Å². The van der Waals surface area contributed by atoms with Crippen LogP contribution in [0.4, 0.5) is 19.4 Å². The Morgan fingerprint density at radius 3 is 2.36 bits per heavy atom. The van der Waals surface area contributed by atoms with Crippen LogP contribution in [0.25, 0.3) is 11.2 Å². The lowest BCUT2D eigenvalue weighted by molar-refractivity contribution is 0.0616. The zero-order chi connectivity index (χ0) is 25.8. The molecular weight excluding hydrogens is 503 g/mol. The molecule has 4 heterocycles. The number of halogens is 5. The molecule has 1 N–H and O–H groups in total. The Bertz CT molecular complexity index is 1290. The number of H-pyrrole nitrogens is 1. The van der Waals surface area contributed by atoms with Crippen LogP contribution in [0.2, 0.25) is 0 Å². The van der Waals surface area contributed by atoms with E-state index in [0.29, 0.717) is 44.2 Å². The molecule has 2 atom stereocenters. The Morgan fingerprint density at radius 1 is 1.03 bits per heavy atom. The SMILES string of the molecule is C[C@@H]1C[C@@H](c2ccnc3nc(C4CCOCC4)[nH]c23)CCN1C(=O)c1ccc(S(F)(F)(F)(F)F)cc1. The highest BCUT2D eigenvalue weighted by Crippen LogP contribution is 3.02. The molecule has 0 saturated carbocycles. The summed E-state index contributed by atoms with van der Waals surface area (Å²) in [6.07, 6.45) is 4.81. The van der Waals surface area contributed by atoms with Crippen molar-refractivity contribution in [1.82, 2.24) is 19.9 Å². The summed E-state index contributed by atoms with van der Waals surface area (Å²) in [6, 6.07) is 3.98. The van der Waals surface area contributed by atoms with Gasteiger partial charge in [0, 0.05) is 43.5 Å². The first-order valence-electron chi connectivity index (χ1n) is 11.9. The Kier molecular flexibility index (Phi) is 5.64. The molecule has 0 unspecified atom stereocenters. The van der Waals surface area contributed by atoms with Gasteiger partial charge in [-0.2, -0.15) is 0 Å². The lowest BCUT2D eigenvalue weighted by Gasteiger charge is -2.40. The summed E-state index contributed by atoms with van der Waals surface area (Å²) in [5, 5.41) is 0. The van der Waals surface area contributed by atoms with Crippen LogP contribution in [0.5, 0.6) is 0 Å². The Labute approximate surface area is 205 Å². The molecule has 2 saturated heterocycles. The molecule has 36 heavy (non-hydrogen) atoms. The first-order chi connectivity index (χ1) is 16.8. The summed E-state index contributed by atoms with van der Waals surface area (Å²) in [7, 11) is -9.78. The van der Waals surface area contributed by atoms with Gasteiger partial charge in [0.25, 0.3) is 5.91 Å². The van der Waals surface area contributed by atoms with Crippen molar-refractivity contribution in [3.05, 3.63) is 53.5 Å². The summed E-state index contributed by atoms with van der Waals surface area (Å²) in [6.45, 7) is 3.67. The average Bonchev–Trinajstić information content (AvgIpc) is 3.27. The number of imidazole rings is 1. The van der Waals surface area contributed by atoms with E-state index in [1.54, 1.807) is 11.1 Å². The summed E-state index contributed by atoms with van der Waals surface area (Å²) in [4.78, 5) is 25.2. The number of rotatable bonds is 4. The van der Waals surface area contributed by atoms with Gasteiger partial charge in [-0.3, -0.25) is 4.79 Å². The molecular formula is C24H27F5N4O2S. The fraction of sp³-hybridized carbons (Fsp3) is 0.458. The monoisotopic (exact) mass is 530 g/mol. The van der Waals surface area contributed by atoms with Gasteiger partial charge >= 0.3 is 10.2 Å². The molecule has 5 rings (SSSR count). The van der Waals surface area contributed by atoms with Crippen molar-refractivity contribution in [3.8, 4) is 0 Å². The number of nitrogens with zero attached hydrogens (tertiary/aromatic N) is 3. The van der Waals surface area contributed by atoms with Crippen molar-refractivity contribution in [2.45, 2.75) is 55.4 Å². The maximum atomic E-state index is 13.0. The summed E-state index contributed by atoms with van der Waals surface area (Å²) in [5.41, 5.74) is 2.57. The molecule has 0 radical (unpaired) electrons. The van der Waals surface area contributed by atoms with Crippen LogP contribution in [0.15, 0.2) is 41.4 Å². The summed E-state index contributed by atoms with van der Waals surface area (Å²) >= 11 is 0. The number of aromatic nitrogens is 3. The number of carbonyl (C=O) groups is 1. The van der Waals surface area contributed by atoms with Crippen LogP contribution in [-0.4, -0.2) is 51.6 Å². The Morgan fingerprint density at radius 2 is 1.72 bits per heavy atom. The van der Waals surface area contributed by atoms with Gasteiger partial charge in [-0.25, -0.2) is 9.97 Å². The summed E-state index contributed by atoms with van der Waals surface area (Å²) in [5.74, 6) is 0.861. The molecule has 0 aliphatic carbocycles. The minimum Gasteiger partial charge on any atom is -0.381 e. The van der Waals surface area contributed by atoms with E-state index in [-0.39, 0.29) is 29.7 Å². The second-order valence-electron chi connectivity index (χ2n) is 9.67. The number of likely N-dealkylation sites (tertiary alicyclic amines) is 1. The normalized spacial score (nSPS) is 23.9. The lowest BCUT2D eigenvalue weighted by atomic mass is 9.85. The number of hydrogen-bond acceptors (Lipinski definition) is 4. The number of pyridine rings is 1. The van der Waals surface area contributed by atoms with Gasteiger partial charge in [-0.1, -0.05) is 19.4 Å². The van der Waals surface area contributed by atoms with Gasteiger partial charge < -0.3 is 14.6 Å². The molecule has 12 heteroatoms. The third kappa shape index (κ3) is 4.93. The molecule has 2 aromatic heterocycles. The summed E-state index contributed by atoms with van der Waals surface area (Å²) < 4.78 is 70.5. The molecule has 1 amide bonds. The van der Waals surface area contributed by atoms with Crippen LogP contribution < -0.4 is 0 Å². The quantitative estimate of drug-likeness (QED) is 0.372. The highest BCUT2D eigenvalue weighted by molar-refractivity contribution is 8.45. The van der Waals surface area contributed by atoms with Gasteiger partial charge in [0.05, 0.1) is 5.52 Å². The molecule has 1 aromatic carbocycles. The van der Waals surface area contributed by atoms with Gasteiger partial charge in [0.2, 0.25) is 0 Å². The van der Waals surface area contributed by atoms with Gasteiger partial charge in [0.1, 0.15) is 10.7 Å². The predicted octanol–water partition coefficient (Wildman–Crippen LogP) is 6.92. The van der Waals surface area contributed by atoms with E-state index in [1.165, 1.54) is 0 Å². The smallest absolute Gasteiger partial charge is 0.310 e. The first-order valence-corrected chi connectivity index (χ1v) is 13.8. The van der Waals surface area contributed by atoms with Crippen LogP contribution in [0, 0.1) is 0 Å². The number of aromatic amines is 1.